The third-order valence-electron chi connectivity index (χ3n) is 3.47. The Morgan fingerprint density at radius 2 is 1.65 bits per heavy atom. The van der Waals surface area contributed by atoms with E-state index in [1.165, 1.54) is 6.08 Å². The molecule has 0 spiro atoms. The first-order chi connectivity index (χ1) is 12.5. The first-order valence-electron chi connectivity index (χ1n) is 8.93. The van der Waals surface area contributed by atoms with Gasteiger partial charge in [0.2, 0.25) is 0 Å². The molecular formula is C21H28O5. The molecule has 0 radical (unpaired) electrons. The molecule has 0 aliphatic carbocycles. The monoisotopic (exact) mass is 360 g/mol. The van der Waals surface area contributed by atoms with Crippen molar-refractivity contribution in [3.63, 3.8) is 0 Å². The molecule has 0 atom stereocenters. The number of hydrogen-bond acceptors (Lipinski definition) is 5. The lowest BCUT2D eigenvalue weighted by atomic mass is 10.2. The minimum absolute atomic E-state index is 0.325. The van der Waals surface area contributed by atoms with Crippen LogP contribution in [-0.4, -0.2) is 31.8 Å². The van der Waals surface area contributed by atoms with E-state index in [1.54, 1.807) is 19.9 Å². The van der Waals surface area contributed by atoms with Gasteiger partial charge < -0.3 is 14.2 Å². The van der Waals surface area contributed by atoms with Crippen LogP contribution in [0.5, 0.6) is 5.75 Å². The zero-order valence-electron chi connectivity index (χ0n) is 15.7. The van der Waals surface area contributed by atoms with Gasteiger partial charge in [-0.25, -0.2) is 9.59 Å². The number of benzene rings is 1. The molecule has 0 aliphatic rings. The minimum atomic E-state index is -0.345. The van der Waals surface area contributed by atoms with Crippen molar-refractivity contribution in [2.45, 2.75) is 39.5 Å². The summed E-state index contributed by atoms with van der Waals surface area (Å²) in [4.78, 5) is 22.4. The molecular weight excluding hydrogens is 332 g/mol. The number of ether oxygens (including phenoxy) is 3. The van der Waals surface area contributed by atoms with E-state index < -0.39 is 0 Å². The van der Waals surface area contributed by atoms with Crippen molar-refractivity contribution >= 4 is 18.0 Å². The van der Waals surface area contributed by atoms with Crippen LogP contribution in [0.3, 0.4) is 0 Å². The molecule has 0 bridgehead atoms. The highest BCUT2D eigenvalue weighted by atomic mass is 16.5. The molecule has 26 heavy (non-hydrogen) atoms. The zero-order valence-corrected chi connectivity index (χ0v) is 15.7. The Labute approximate surface area is 155 Å². The van der Waals surface area contributed by atoms with Gasteiger partial charge in [-0.15, -0.1) is 0 Å². The molecule has 5 heteroatoms. The summed E-state index contributed by atoms with van der Waals surface area (Å²) in [7, 11) is 0. The second kappa shape index (κ2) is 12.8. The van der Waals surface area contributed by atoms with E-state index in [4.69, 9.17) is 14.2 Å². The van der Waals surface area contributed by atoms with Crippen LogP contribution < -0.4 is 4.74 Å². The summed E-state index contributed by atoms with van der Waals surface area (Å²) in [5.41, 5.74) is 1.34. The molecule has 142 valence electrons. The minimum Gasteiger partial charge on any atom is -0.494 e. The number of rotatable bonds is 12. The number of carbonyl (C=O) groups excluding carboxylic acids is 2. The van der Waals surface area contributed by atoms with Crippen molar-refractivity contribution in [1.82, 2.24) is 0 Å². The fraction of sp³-hybridized carbons (Fsp3) is 0.429. The highest BCUT2D eigenvalue weighted by molar-refractivity contribution is 5.87. The molecule has 1 aromatic carbocycles. The van der Waals surface area contributed by atoms with E-state index in [9.17, 15) is 9.59 Å². The van der Waals surface area contributed by atoms with Gasteiger partial charge in [0.1, 0.15) is 5.75 Å². The third kappa shape index (κ3) is 9.67. The molecule has 0 aliphatic heterocycles. The highest BCUT2D eigenvalue weighted by Crippen LogP contribution is 2.14. The predicted molar refractivity (Wildman–Crippen MR) is 102 cm³/mol. The van der Waals surface area contributed by atoms with Gasteiger partial charge in [0.25, 0.3) is 0 Å². The zero-order chi connectivity index (χ0) is 19.2. The van der Waals surface area contributed by atoms with Crippen LogP contribution in [0.2, 0.25) is 0 Å². The molecule has 0 saturated heterocycles. The molecule has 1 aromatic rings. The van der Waals surface area contributed by atoms with Gasteiger partial charge >= 0.3 is 11.9 Å². The highest BCUT2D eigenvalue weighted by Gasteiger charge is 2.02. The average Bonchev–Trinajstić information content (AvgIpc) is 2.63. The van der Waals surface area contributed by atoms with Crippen LogP contribution in [0.25, 0.3) is 6.08 Å². The Kier molecular flexibility index (Phi) is 10.5. The van der Waals surface area contributed by atoms with Crippen LogP contribution in [0, 0.1) is 0 Å². The van der Waals surface area contributed by atoms with Gasteiger partial charge in [0.15, 0.2) is 0 Å². The fourth-order valence-corrected chi connectivity index (χ4v) is 2.07. The van der Waals surface area contributed by atoms with Crippen LogP contribution in [0.1, 0.15) is 45.1 Å². The topological polar surface area (TPSA) is 61.8 Å². The smallest absolute Gasteiger partial charge is 0.333 e. The summed E-state index contributed by atoms with van der Waals surface area (Å²) in [6.45, 7) is 8.41. The van der Waals surface area contributed by atoms with Crippen LogP contribution >= 0.6 is 0 Å². The molecule has 0 heterocycles. The normalized spacial score (nSPS) is 10.5. The first kappa shape index (κ1) is 21.5. The maximum absolute atomic E-state index is 11.3. The van der Waals surface area contributed by atoms with Gasteiger partial charge in [0.05, 0.1) is 19.8 Å². The van der Waals surface area contributed by atoms with Crippen molar-refractivity contribution in [2.75, 3.05) is 19.8 Å². The molecule has 5 nitrogen and oxygen atoms in total. The van der Waals surface area contributed by atoms with Crippen LogP contribution in [0.15, 0.2) is 42.5 Å². The maximum atomic E-state index is 11.3. The molecule has 0 amide bonds. The lowest BCUT2D eigenvalue weighted by Gasteiger charge is -2.07. The van der Waals surface area contributed by atoms with Gasteiger partial charge in [-0.1, -0.05) is 18.7 Å². The van der Waals surface area contributed by atoms with E-state index in [1.807, 2.05) is 24.3 Å². The Bertz CT molecular complexity index is 601. The molecule has 0 aromatic heterocycles. The van der Waals surface area contributed by atoms with Crippen molar-refractivity contribution < 1.29 is 23.8 Å². The summed E-state index contributed by atoms with van der Waals surface area (Å²) >= 11 is 0. The number of carbonyl (C=O) groups is 2. The van der Waals surface area contributed by atoms with Crippen molar-refractivity contribution in [2.24, 2.45) is 0 Å². The molecule has 0 unspecified atom stereocenters. The van der Waals surface area contributed by atoms with Gasteiger partial charge in [-0.05, 0) is 63.3 Å². The SMILES string of the molecule is C=C(C)C(=O)OCCCCCCOc1ccc(/C=C/C(=O)OCC)cc1. The summed E-state index contributed by atoms with van der Waals surface area (Å²) in [6.07, 6.45) is 6.92. The van der Waals surface area contributed by atoms with Crippen molar-refractivity contribution in [3.05, 3.63) is 48.1 Å². The molecule has 0 N–H and O–H groups in total. The molecule has 1 rings (SSSR count). The van der Waals surface area contributed by atoms with E-state index in [0.29, 0.717) is 25.4 Å². The van der Waals surface area contributed by atoms with E-state index in [0.717, 1.165) is 37.0 Å². The second-order valence-electron chi connectivity index (χ2n) is 5.83. The van der Waals surface area contributed by atoms with E-state index in [2.05, 4.69) is 6.58 Å². The average molecular weight is 360 g/mol. The number of esters is 2. The Morgan fingerprint density at radius 3 is 2.27 bits per heavy atom. The van der Waals surface area contributed by atoms with Gasteiger partial charge in [-0.3, -0.25) is 0 Å². The Hall–Kier alpha value is -2.56. The summed E-state index contributed by atoms with van der Waals surface area (Å²) in [5.74, 6) is 0.129. The molecule has 0 saturated carbocycles. The third-order valence-corrected chi connectivity index (χ3v) is 3.47. The number of hydrogen-bond donors (Lipinski definition) is 0. The standard InChI is InChI=1S/C21H28O5/c1-4-24-20(22)14-11-18-9-12-19(13-10-18)25-15-7-5-6-8-16-26-21(23)17(2)3/h9-14H,2,4-8,15-16H2,1,3H3/b14-11+. The predicted octanol–water partition coefficient (Wildman–Crippen LogP) is 4.32. The Balaban J connectivity index is 2.13. The van der Waals surface area contributed by atoms with Gasteiger partial charge in [-0.2, -0.15) is 0 Å². The van der Waals surface area contributed by atoms with Gasteiger partial charge in [0, 0.05) is 11.6 Å². The maximum Gasteiger partial charge on any atom is 0.333 e. The van der Waals surface area contributed by atoms with Crippen molar-refractivity contribution in [3.8, 4) is 5.75 Å². The van der Waals surface area contributed by atoms with Crippen LogP contribution in [0.4, 0.5) is 0 Å². The molecule has 0 fully saturated rings. The van der Waals surface area contributed by atoms with E-state index in [-0.39, 0.29) is 11.9 Å². The van der Waals surface area contributed by atoms with Crippen LogP contribution in [-0.2, 0) is 19.1 Å². The summed E-state index contributed by atoms with van der Waals surface area (Å²) in [5, 5.41) is 0. The van der Waals surface area contributed by atoms with Crippen molar-refractivity contribution in [1.29, 1.82) is 0 Å². The second-order valence-corrected chi connectivity index (χ2v) is 5.83. The lowest BCUT2D eigenvalue weighted by molar-refractivity contribution is -0.139. The lowest BCUT2D eigenvalue weighted by Crippen LogP contribution is -2.06. The van der Waals surface area contributed by atoms with E-state index >= 15 is 0 Å². The fourth-order valence-electron chi connectivity index (χ4n) is 2.07. The summed E-state index contributed by atoms with van der Waals surface area (Å²) in [6, 6.07) is 7.53. The quantitative estimate of drug-likeness (QED) is 0.315. The number of unbranched alkanes of at least 4 members (excludes halogenated alkanes) is 3. The summed E-state index contributed by atoms with van der Waals surface area (Å²) < 4.78 is 15.6. The largest absolute Gasteiger partial charge is 0.494 e. The Morgan fingerprint density at radius 1 is 1.00 bits per heavy atom. The first-order valence-corrected chi connectivity index (χ1v) is 8.93.